The number of thiocarbonyl (C=S) groups is 1. The lowest BCUT2D eigenvalue weighted by Gasteiger charge is -2.13. The SMILES string of the molecule is COC(=O)c1sc2cc(NC(=S)Nc3cc(OC)cc(OC)c3)ccc2c1Cl. The summed E-state index contributed by atoms with van der Waals surface area (Å²) >= 11 is 12.9. The molecule has 0 aliphatic heterocycles. The predicted octanol–water partition coefficient (Wildman–Crippen LogP) is 5.17. The van der Waals surface area contributed by atoms with E-state index in [1.54, 1.807) is 32.4 Å². The molecule has 0 atom stereocenters. The van der Waals surface area contributed by atoms with Crippen LogP contribution < -0.4 is 20.1 Å². The number of anilines is 2. The number of rotatable bonds is 5. The average molecular weight is 437 g/mol. The van der Waals surface area contributed by atoms with Crippen LogP contribution in [0.15, 0.2) is 36.4 Å². The highest BCUT2D eigenvalue weighted by atomic mass is 35.5. The summed E-state index contributed by atoms with van der Waals surface area (Å²) in [6.45, 7) is 0. The number of fused-ring (bicyclic) bond motifs is 1. The minimum Gasteiger partial charge on any atom is -0.497 e. The van der Waals surface area contributed by atoms with E-state index in [4.69, 9.17) is 38.0 Å². The number of nitrogens with one attached hydrogen (secondary N) is 2. The maximum atomic E-state index is 11.8. The fourth-order valence-corrected chi connectivity index (χ4v) is 4.24. The number of hydrogen-bond acceptors (Lipinski definition) is 6. The molecule has 0 saturated carbocycles. The first-order valence-electron chi connectivity index (χ1n) is 8.06. The lowest BCUT2D eigenvalue weighted by atomic mass is 10.2. The number of hydrogen-bond donors (Lipinski definition) is 2. The van der Waals surface area contributed by atoms with Gasteiger partial charge in [0.25, 0.3) is 0 Å². The standard InChI is InChI=1S/C19H17ClN2O4S2/c1-24-12-6-11(7-13(9-12)25-2)22-19(27)21-10-4-5-14-15(8-10)28-17(16(14)20)18(23)26-3/h4-9H,1-3H3,(H2,21,22,27). The number of halogens is 1. The molecule has 6 nitrogen and oxygen atoms in total. The number of carbonyl (C=O) groups excluding carboxylic acids is 1. The Morgan fingerprint density at radius 2 is 1.64 bits per heavy atom. The van der Waals surface area contributed by atoms with Crippen molar-refractivity contribution in [2.75, 3.05) is 32.0 Å². The monoisotopic (exact) mass is 436 g/mol. The quantitative estimate of drug-likeness (QED) is 0.422. The molecule has 0 spiro atoms. The first kappa shape index (κ1) is 20.2. The summed E-state index contributed by atoms with van der Waals surface area (Å²) in [6, 6.07) is 10.9. The fourth-order valence-electron chi connectivity index (χ4n) is 2.54. The molecule has 0 unspecified atom stereocenters. The molecule has 2 aromatic carbocycles. The largest absolute Gasteiger partial charge is 0.497 e. The van der Waals surface area contributed by atoms with Crippen LogP contribution in [0.1, 0.15) is 9.67 Å². The normalized spacial score (nSPS) is 10.4. The lowest BCUT2D eigenvalue weighted by molar-refractivity contribution is 0.0606. The Kier molecular flexibility index (Phi) is 6.23. The number of benzene rings is 2. The molecule has 146 valence electrons. The number of carbonyl (C=O) groups is 1. The molecule has 9 heteroatoms. The molecule has 3 rings (SSSR count). The summed E-state index contributed by atoms with van der Waals surface area (Å²) in [5, 5.41) is 7.78. The first-order chi connectivity index (χ1) is 13.4. The van der Waals surface area contributed by atoms with Crippen LogP contribution in [0.2, 0.25) is 5.02 Å². The second kappa shape index (κ2) is 8.64. The van der Waals surface area contributed by atoms with Crippen molar-refractivity contribution < 1.29 is 19.0 Å². The fraction of sp³-hybridized carbons (Fsp3) is 0.158. The lowest BCUT2D eigenvalue weighted by Crippen LogP contribution is -2.19. The molecule has 1 aromatic heterocycles. The maximum absolute atomic E-state index is 11.8. The van der Waals surface area contributed by atoms with Crippen LogP contribution in [0, 0.1) is 0 Å². The number of thiophene rings is 1. The molecule has 0 aliphatic carbocycles. The molecule has 2 N–H and O–H groups in total. The van der Waals surface area contributed by atoms with Crippen LogP contribution in [0.25, 0.3) is 10.1 Å². The van der Waals surface area contributed by atoms with Gasteiger partial charge in [-0.25, -0.2) is 4.79 Å². The van der Waals surface area contributed by atoms with Crippen molar-refractivity contribution in [2.24, 2.45) is 0 Å². The van der Waals surface area contributed by atoms with Gasteiger partial charge in [-0.15, -0.1) is 11.3 Å². The summed E-state index contributed by atoms with van der Waals surface area (Å²) in [7, 11) is 4.49. The molecule has 0 radical (unpaired) electrons. The van der Waals surface area contributed by atoms with E-state index < -0.39 is 5.97 Å². The molecule has 28 heavy (non-hydrogen) atoms. The highest BCUT2D eigenvalue weighted by Gasteiger charge is 2.17. The topological polar surface area (TPSA) is 68.8 Å². The highest BCUT2D eigenvalue weighted by molar-refractivity contribution is 7.80. The second-order valence-corrected chi connectivity index (χ2v) is 7.47. The van der Waals surface area contributed by atoms with Gasteiger partial charge in [-0.05, 0) is 30.4 Å². The molecule has 3 aromatic rings. The molecule has 0 amide bonds. The zero-order chi connectivity index (χ0) is 20.3. The third-order valence-corrected chi connectivity index (χ3v) is 5.71. The van der Waals surface area contributed by atoms with Gasteiger partial charge in [0.1, 0.15) is 16.4 Å². The zero-order valence-corrected chi connectivity index (χ0v) is 17.7. The summed E-state index contributed by atoms with van der Waals surface area (Å²) in [6.07, 6.45) is 0. The van der Waals surface area contributed by atoms with Crippen LogP contribution in [0.4, 0.5) is 11.4 Å². The van der Waals surface area contributed by atoms with Crippen LogP contribution >= 0.6 is 35.2 Å². The van der Waals surface area contributed by atoms with Crippen molar-refractivity contribution in [3.63, 3.8) is 0 Å². The van der Waals surface area contributed by atoms with Crippen molar-refractivity contribution in [3.8, 4) is 11.5 Å². The highest BCUT2D eigenvalue weighted by Crippen LogP contribution is 2.37. The van der Waals surface area contributed by atoms with E-state index in [1.165, 1.54) is 18.4 Å². The molecule has 0 aliphatic rings. The molecule has 1 heterocycles. The molecule has 0 saturated heterocycles. The van der Waals surface area contributed by atoms with Crippen LogP contribution in [0.3, 0.4) is 0 Å². The minimum atomic E-state index is -0.454. The van der Waals surface area contributed by atoms with Crippen LogP contribution in [-0.2, 0) is 4.74 Å². The average Bonchev–Trinajstić information content (AvgIpc) is 3.02. The van der Waals surface area contributed by atoms with Crippen molar-refractivity contribution in [2.45, 2.75) is 0 Å². The number of esters is 1. The van der Waals surface area contributed by atoms with Gasteiger partial charge in [-0.3, -0.25) is 0 Å². The molecule has 0 fully saturated rings. The smallest absolute Gasteiger partial charge is 0.349 e. The van der Waals surface area contributed by atoms with Crippen molar-refractivity contribution >= 4 is 67.7 Å². The van der Waals surface area contributed by atoms with Crippen molar-refractivity contribution in [3.05, 3.63) is 46.3 Å². The predicted molar refractivity (Wildman–Crippen MR) is 118 cm³/mol. The van der Waals surface area contributed by atoms with Gasteiger partial charge in [0.2, 0.25) is 0 Å². The Balaban J connectivity index is 1.79. The van der Waals surface area contributed by atoms with Gasteiger partial charge >= 0.3 is 5.97 Å². The van der Waals surface area contributed by atoms with E-state index in [1.807, 2.05) is 18.2 Å². The number of methoxy groups -OCH3 is 3. The van der Waals surface area contributed by atoms with Gasteiger partial charge in [-0.1, -0.05) is 11.6 Å². The first-order valence-corrected chi connectivity index (χ1v) is 9.67. The Morgan fingerprint density at radius 1 is 1.00 bits per heavy atom. The second-order valence-electron chi connectivity index (χ2n) is 5.63. The Morgan fingerprint density at radius 3 is 2.25 bits per heavy atom. The van der Waals surface area contributed by atoms with E-state index in [9.17, 15) is 4.79 Å². The van der Waals surface area contributed by atoms with Crippen molar-refractivity contribution in [1.82, 2.24) is 0 Å². The summed E-state index contributed by atoms with van der Waals surface area (Å²) in [5.74, 6) is 0.842. The summed E-state index contributed by atoms with van der Waals surface area (Å²) in [5.41, 5.74) is 1.48. The van der Waals surface area contributed by atoms with Crippen LogP contribution in [0.5, 0.6) is 11.5 Å². The molecule has 0 bridgehead atoms. The third kappa shape index (κ3) is 4.30. The minimum absolute atomic E-state index is 0.375. The van der Waals surface area contributed by atoms with E-state index >= 15 is 0 Å². The molecular weight excluding hydrogens is 420 g/mol. The Hall–Kier alpha value is -2.55. The maximum Gasteiger partial charge on any atom is 0.349 e. The van der Waals surface area contributed by atoms with Gasteiger partial charge in [0.15, 0.2) is 5.11 Å². The van der Waals surface area contributed by atoms with Gasteiger partial charge in [0.05, 0.1) is 26.4 Å². The summed E-state index contributed by atoms with van der Waals surface area (Å²) in [4.78, 5) is 12.2. The third-order valence-electron chi connectivity index (χ3n) is 3.87. The zero-order valence-electron chi connectivity index (χ0n) is 15.3. The van der Waals surface area contributed by atoms with E-state index in [-0.39, 0.29) is 0 Å². The summed E-state index contributed by atoms with van der Waals surface area (Å²) < 4.78 is 16.1. The number of ether oxygens (including phenoxy) is 3. The van der Waals surface area contributed by atoms with E-state index in [0.717, 1.165) is 21.5 Å². The molecular formula is C19H17ClN2O4S2. The van der Waals surface area contributed by atoms with Gasteiger partial charge < -0.3 is 24.8 Å². The van der Waals surface area contributed by atoms with Crippen LogP contribution in [-0.4, -0.2) is 32.4 Å². The van der Waals surface area contributed by atoms with Gasteiger partial charge in [0, 0.05) is 39.7 Å². The van der Waals surface area contributed by atoms with E-state index in [0.29, 0.717) is 26.5 Å². The Labute approximate surface area is 176 Å². The van der Waals surface area contributed by atoms with Gasteiger partial charge in [-0.2, -0.15) is 0 Å². The Bertz CT molecular complexity index is 1030. The van der Waals surface area contributed by atoms with E-state index in [2.05, 4.69) is 10.6 Å². The van der Waals surface area contributed by atoms with Crippen molar-refractivity contribution in [1.29, 1.82) is 0 Å².